The number of phenols is 1. The lowest BCUT2D eigenvalue weighted by Crippen LogP contribution is -2.33. The van der Waals surface area contributed by atoms with Gasteiger partial charge in [-0.1, -0.05) is 30.3 Å². The molecular weight excluding hydrogens is 461 g/mol. The Morgan fingerprint density at radius 2 is 1.64 bits per heavy atom. The van der Waals surface area contributed by atoms with E-state index in [1.54, 1.807) is 12.1 Å². The summed E-state index contributed by atoms with van der Waals surface area (Å²) in [6.45, 7) is 7.80. The van der Waals surface area contributed by atoms with Crippen LogP contribution in [0.1, 0.15) is 43.0 Å². The van der Waals surface area contributed by atoms with Gasteiger partial charge in [-0.2, -0.15) is 17.7 Å². The second-order valence-corrected chi connectivity index (χ2v) is 9.42. The number of hydrogen-bond acceptors (Lipinski definition) is 2. The summed E-state index contributed by atoms with van der Waals surface area (Å²) in [5, 5.41) is 10.7. The van der Waals surface area contributed by atoms with Crippen LogP contribution in [0.5, 0.6) is 5.75 Å². The van der Waals surface area contributed by atoms with E-state index >= 15 is 0 Å². The number of halogens is 3. The van der Waals surface area contributed by atoms with Crippen LogP contribution >= 0.6 is 0 Å². The van der Waals surface area contributed by atoms with Crippen LogP contribution in [0.4, 0.5) is 24.5 Å². The number of benzene rings is 3. The highest BCUT2D eigenvalue weighted by Gasteiger charge is 2.48. The van der Waals surface area contributed by atoms with Gasteiger partial charge in [-0.05, 0) is 63.1 Å². The molecule has 1 N–H and O–H groups in total. The monoisotopic (exact) mass is 493 g/mol. The molecule has 0 spiro atoms. The number of fused-ring (bicyclic) bond motifs is 1. The van der Waals surface area contributed by atoms with E-state index in [0.29, 0.717) is 17.5 Å². The fraction of sp³-hybridized carbons (Fsp3) is 0.300. The zero-order chi connectivity index (χ0) is 26.1. The topological polar surface area (TPSA) is 26.5 Å². The molecule has 1 atom stereocenters. The molecule has 1 heterocycles. The summed E-state index contributed by atoms with van der Waals surface area (Å²) in [5.41, 5.74) is 3.56. The molecule has 0 fully saturated rings. The van der Waals surface area contributed by atoms with Gasteiger partial charge < -0.3 is 10.0 Å². The summed E-state index contributed by atoms with van der Waals surface area (Å²) in [7, 11) is 1.88. The predicted molar refractivity (Wildman–Crippen MR) is 140 cm³/mol. The summed E-state index contributed by atoms with van der Waals surface area (Å²) in [6.07, 6.45) is -0.118. The van der Waals surface area contributed by atoms with Crippen LogP contribution in [0, 0.1) is 0 Å². The molecule has 36 heavy (non-hydrogen) atoms. The third-order valence-electron chi connectivity index (χ3n) is 7.17. The number of hydrogen-bond donors (Lipinski definition) is 1. The van der Waals surface area contributed by atoms with Crippen LogP contribution in [-0.4, -0.2) is 35.5 Å². The Labute approximate surface area is 210 Å². The van der Waals surface area contributed by atoms with E-state index in [9.17, 15) is 18.3 Å². The Balaban J connectivity index is 1.78. The molecule has 3 nitrogen and oxygen atoms in total. The maximum absolute atomic E-state index is 13.6. The van der Waals surface area contributed by atoms with Crippen molar-refractivity contribution < 1.29 is 22.9 Å². The normalized spacial score (nSPS) is 17.6. The number of phenolic OH excluding ortho intramolecular Hbond substituents is 1. The van der Waals surface area contributed by atoms with Gasteiger partial charge >= 0.3 is 6.18 Å². The minimum Gasteiger partial charge on any atom is -0.507 e. The Morgan fingerprint density at radius 3 is 2.25 bits per heavy atom. The van der Waals surface area contributed by atoms with Crippen LogP contribution in [0.2, 0.25) is 0 Å². The molecule has 4 rings (SSSR count). The van der Waals surface area contributed by atoms with Crippen molar-refractivity contribution >= 4 is 23.2 Å². The van der Waals surface area contributed by atoms with Gasteiger partial charge in [-0.3, -0.25) is 0 Å². The molecule has 0 saturated carbocycles. The zero-order valence-corrected chi connectivity index (χ0v) is 21.1. The molecule has 1 unspecified atom stereocenters. The highest BCUT2D eigenvalue weighted by Crippen LogP contribution is 2.44. The molecule has 1 aliphatic rings. The van der Waals surface area contributed by atoms with E-state index in [1.807, 2.05) is 73.2 Å². The molecule has 0 bridgehead atoms. The molecule has 1 aliphatic heterocycles. The van der Waals surface area contributed by atoms with E-state index in [-0.39, 0.29) is 5.75 Å². The van der Waals surface area contributed by atoms with E-state index in [2.05, 4.69) is 18.7 Å². The van der Waals surface area contributed by atoms with Gasteiger partial charge in [-0.15, -0.1) is 0 Å². The molecule has 3 aromatic rings. The largest absolute Gasteiger partial charge is 0.507 e. The van der Waals surface area contributed by atoms with E-state index < -0.39 is 17.2 Å². The molecule has 0 saturated heterocycles. The number of rotatable bonds is 7. The fourth-order valence-corrected chi connectivity index (χ4v) is 5.20. The highest BCUT2D eigenvalue weighted by atomic mass is 19.4. The van der Waals surface area contributed by atoms with Crippen molar-refractivity contribution in [3.05, 3.63) is 95.1 Å². The molecule has 3 aromatic carbocycles. The molecule has 6 heteroatoms. The number of aromatic hydroxyl groups is 1. The lowest BCUT2D eigenvalue weighted by atomic mass is 9.74. The second-order valence-electron chi connectivity index (χ2n) is 9.42. The molecule has 0 amide bonds. The fourth-order valence-electron chi connectivity index (χ4n) is 5.20. The van der Waals surface area contributed by atoms with Gasteiger partial charge in [0.2, 0.25) is 5.69 Å². The summed E-state index contributed by atoms with van der Waals surface area (Å²) in [4.78, 5) is 2.15. The Bertz CT molecular complexity index is 1310. The third-order valence-corrected chi connectivity index (χ3v) is 7.17. The van der Waals surface area contributed by atoms with Crippen LogP contribution in [0.3, 0.4) is 0 Å². The lowest BCUT2D eigenvalue weighted by Gasteiger charge is -2.23. The van der Waals surface area contributed by atoms with Crippen LogP contribution < -0.4 is 4.90 Å². The number of nitrogens with zero attached hydrogens (tertiary/aromatic N) is 2. The first-order valence-electron chi connectivity index (χ1n) is 12.2. The van der Waals surface area contributed by atoms with Crippen molar-refractivity contribution in [2.75, 3.05) is 25.0 Å². The zero-order valence-electron chi connectivity index (χ0n) is 21.1. The molecule has 0 radical (unpaired) electrons. The summed E-state index contributed by atoms with van der Waals surface area (Å²) in [5.74, 6) is 0.165. The third kappa shape index (κ3) is 4.77. The first-order chi connectivity index (χ1) is 17.1. The minimum atomic E-state index is -4.42. The number of anilines is 1. The van der Waals surface area contributed by atoms with Crippen molar-refractivity contribution in [3.63, 3.8) is 0 Å². The Morgan fingerprint density at radius 1 is 0.944 bits per heavy atom. The van der Waals surface area contributed by atoms with Crippen molar-refractivity contribution in [1.82, 2.24) is 0 Å². The molecule has 0 aromatic heterocycles. The number of allylic oxidation sites excluding steroid dienone is 1. The van der Waals surface area contributed by atoms with Gasteiger partial charge in [0.15, 0.2) is 5.71 Å². The predicted octanol–water partition coefficient (Wildman–Crippen LogP) is 7.20. The van der Waals surface area contributed by atoms with Gasteiger partial charge in [0.1, 0.15) is 12.8 Å². The first kappa shape index (κ1) is 25.5. The first-order valence-corrected chi connectivity index (χ1v) is 12.2. The highest BCUT2D eigenvalue weighted by molar-refractivity contribution is 6.06. The van der Waals surface area contributed by atoms with Crippen LogP contribution in [-0.2, 0) is 18.0 Å². The van der Waals surface area contributed by atoms with E-state index in [1.165, 1.54) is 6.07 Å². The summed E-state index contributed by atoms with van der Waals surface area (Å²) in [6, 6.07) is 19.4. The minimum absolute atomic E-state index is 0.165. The molecular formula is C30H32F3N2O+. The van der Waals surface area contributed by atoms with Crippen molar-refractivity contribution in [2.45, 2.75) is 38.8 Å². The average Bonchev–Trinajstić information content (AvgIpc) is 3.05. The average molecular weight is 494 g/mol. The lowest BCUT2D eigenvalue weighted by molar-refractivity contribution is -0.401. The maximum atomic E-state index is 13.6. The van der Waals surface area contributed by atoms with Gasteiger partial charge in [-0.25, -0.2) is 0 Å². The molecule has 0 aliphatic carbocycles. The van der Waals surface area contributed by atoms with Crippen molar-refractivity contribution in [3.8, 4) is 5.75 Å². The van der Waals surface area contributed by atoms with Crippen LogP contribution in [0.15, 0.2) is 72.8 Å². The molecule has 188 valence electrons. The quantitative estimate of drug-likeness (QED) is 0.352. The Hall–Kier alpha value is -3.54. The second kappa shape index (κ2) is 9.84. The van der Waals surface area contributed by atoms with E-state index in [4.69, 9.17) is 0 Å². The smallest absolute Gasteiger partial charge is 0.416 e. The maximum Gasteiger partial charge on any atom is 0.416 e. The Kier molecular flexibility index (Phi) is 6.98. The van der Waals surface area contributed by atoms with Crippen molar-refractivity contribution in [2.24, 2.45) is 0 Å². The number of alkyl halides is 3. The SMILES string of the molecule is CCN(CC)c1ccc(/C=C/C2=[N+](C)c3ccc(C(F)(F)F)cc3C2(C)Cc2ccccc2)c(O)c1. The van der Waals surface area contributed by atoms with Gasteiger partial charge in [0.05, 0.1) is 11.0 Å². The van der Waals surface area contributed by atoms with E-state index in [0.717, 1.165) is 41.8 Å². The summed E-state index contributed by atoms with van der Waals surface area (Å²) < 4.78 is 42.8. The van der Waals surface area contributed by atoms with Gasteiger partial charge in [0, 0.05) is 48.1 Å². The van der Waals surface area contributed by atoms with Crippen molar-refractivity contribution in [1.29, 1.82) is 0 Å². The summed E-state index contributed by atoms with van der Waals surface area (Å²) >= 11 is 0. The standard InChI is InChI=1S/C30H31F3N2O/c1-5-35(6-2)24-15-12-22(27(36)19-24)13-17-28-29(3,20-21-10-8-7-9-11-21)25-18-23(30(31,32)33)14-16-26(25)34(28)4/h7-19H,5-6,20H2,1-4H3/p+1. The van der Waals surface area contributed by atoms with Gasteiger partial charge in [0.25, 0.3) is 0 Å². The van der Waals surface area contributed by atoms with Crippen LogP contribution in [0.25, 0.3) is 6.08 Å².